The molecule has 2 heterocycles. The number of likely N-dealkylation sites (tertiary alicyclic amines) is 2. The number of piperidine rings is 1. The van der Waals surface area contributed by atoms with Crippen LogP contribution in [0.25, 0.3) is 0 Å². The average Bonchev–Trinajstić information content (AvgIpc) is 3.28. The minimum absolute atomic E-state index is 0.0186. The van der Waals surface area contributed by atoms with Gasteiger partial charge in [0.2, 0.25) is 0 Å². The molecule has 2 saturated heterocycles. The Labute approximate surface area is 219 Å². The molecule has 4 nitrogen and oxygen atoms in total. The lowest BCUT2D eigenvalue weighted by molar-refractivity contribution is 0.221. The molecule has 0 amide bonds. The van der Waals surface area contributed by atoms with Crippen LogP contribution in [0, 0.1) is 17.8 Å². The van der Waals surface area contributed by atoms with E-state index in [1.54, 1.807) is 0 Å². The number of hydrogen-bond donors (Lipinski definition) is 2. The second-order valence-electron chi connectivity index (χ2n) is 10.1. The van der Waals surface area contributed by atoms with Crippen molar-refractivity contribution in [3.05, 3.63) is 0 Å². The summed E-state index contributed by atoms with van der Waals surface area (Å²) in [4.78, 5) is 4.76. The molecular formula is C30H72N4. The van der Waals surface area contributed by atoms with Gasteiger partial charge in [-0.15, -0.1) is 0 Å². The fourth-order valence-corrected chi connectivity index (χ4v) is 4.39. The first kappa shape index (κ1) is 41.0. The van der Waals surface area contributed by atoms with Crippen molar-refractivity contribution in [1.82, 2.24) is 9.80 Å². The maximum atomic E-state index is 5.98. The van der Waals surface area contributed by atoms with Gasteiger partial charge < -0.3 is 21.3 Å². The summed E-state index contributed by atoms with van der Waals surface area (Å²) in [7, 11) is 4.36. The lowest BCUT2D eigenvalue weighted by Gasteiger charge is -2.26. The van der Waals surface area contributed by atoms with Crippen LogP contribution in [0.15, 0.2) is 0 Å². The summed E-state index contributed by atoms with van der Waals surface area (Å²) < 4.78 is 0. The van der Waals surface area contributed by atoms with Gasteiger partial charge in [0, 0.05) is 24.7 Å². The summed E-state index contributed by atoms with van der Waals surface area (Å²) in [6.45, 7) is 30.2. The van der Waals surface area contributed by atoms with Gasteiger partial charge in [-0.1, -0.05) is 82.1 Å². The summed E-state index contributed by atoms with van der Waals surface area (Å²) in [6, 6.07) is 0.435. The van der Waals surface area contributed by atoms with Crippen LogP contribution < -0.4 is 11.5 Å². The second-order valence-corrected chi connectivity index (χ2v) is 10.1. The largest absolute Gasteiger partial charge is 0.327 e. The minimum atomic E-state index is 0.0186. The molecule has 0 aromatic rings. The lowest BCUT2D eigenvalue weighted by Crippen LogP contribution is -2.41. The highest BCUT2D eigenvalue weighted by Crippen LogP contribution is 2.23. The van der Waals surface area contributed by atoms with E-state index in [9.17, 15) is 0 Å². The van der Waals surface area contributed by atoms with Gasteiger partial charge in [0.1, 0.15) is 0 Å². The fraction of sp³-hybridized carbons (Fsp3) is 1.00. The monoisotopic (exact) mass is 489 g/mol. The van der Waals surface area contributed by atoms with Crippen molar-refractivity contribution in [1.29, 1.82) is 0 Å². The van der Waals surface area contributed by atoms with Crippen molar-refractivity contribution >= 4 is 0 Å². The molecule has 4 atom stereocenters. The molecule has 2 aliphatic heterocycles. The van der Waals surface area contributed by atoms with Crippen molar-refractivity contribution in [3.63, 3.8) is 0 Å². The summed E-state index contributed by atoms with van der Waals surface area (Å²) in [5, 5.41) is 0. The van der Waals surface area contributed by atoms with Gasteiger partial charge in [-0.05, 0) is 90.9 Å². The van der Waals surface area contributed by atoms with E-state index >= 15 is 0 Å². The van der Waals surface area contributed by atoms with E-state index in [0.29, 0.717) is 12.0 Å². The molecule has 3 unspecified atom stereocenters. The Bertz CT molecular complexity index is 359. The second kappa shape index (κ2) is 27.4. The van der Waals surface area contributed by atoms with E-state index in [1.165, 1.54) is 64.7 Å². The van der Waals surface area contributed by atoms with Gasteiger partial charge in [0.05, 0.1) is 0 Å². The molecule has 2 fully saturated rings. The molecule has 0 bridgehead atoms. The summed E-state index contributed by atoms with van der Waals surface area (Å²) in [6.07, 6.45) is 9.03. The number of nitrogens with zero attached hydrogens (tertiary/aromatic N) is 2. The van der Waals surface area contributed by atoms with Crippen molar-refractivity contribution in [2.75, 3.05) is 40.3 Å². The topological polar surface area (TPSA) is 58.5 Å². The zero-order chi connectivity index (χ0) is 27.7. The number of nitrogens with two attached hydrogens (primary N) is 2. The summed E-state index contributed by atoms with van der Waals surface area (Å²) >= 11 is 0. The van der Waals surface area contributed by atoms with Gasteiger partial charge in [-0.3, -0.25) is 0 Å². The maximum absolute atomic E-state index is 5.98. The summed E-state index contributed by atoms with van der Waals surface area (Å²) in [5.41, 5.74) is 11.9. The van der Waals surface area contributed by atoms with Gasteiger partial charge in [0.15, 0.2) is 0 Å². The van der Waals surface area contributed by atoms with Gasteiger partial charge >= 0.3 is 0 Å². The predicted molar refractivity (Wildman–Crippen MR) is 161 cm³/mol. The van der Waals surface area contributed by atoms with Crippen LogP contribution in [0.2, 0.25) is 0 Å². The first-order chi connectivity index (χ1) is 16.0. The predicted octanol–water partition coefficient (Wildman–Crippen LogP) is 7.65. The third kappa shape index (κ3) is 23.6. The summed E-state index contributed by atoms with van der Waals surface area (Å²) in [5.74, 6) is 2.39. The Balaban J connectivity index is -0.000000179. The first-order valence-electron chi connectivity index (χ1n) is 15.0. The highest BCUT2D eigenvalue weighted by molar-refractivity contribution is 4.88. The Morgan fingerprint density at radius 1 is 0.824 bits per heavy atom. The van der Waals surface area contributed by atoms with Crippen molar-refractivity contribution in [3.8, 4) is 0 Å². The molecular weight excluding hydrogens is 416 g/mol. The molecule has 2 aliphatic rings. The van der Waals surface area contributed by atoms with Crippen molar-refractivity contribution in [2.24, 2.45) is 29.2 Å². The van der Waals surface area contributed by atoms with Crippen LogP contribution in [0.4, 0.5) is 0 Å². The molecule has 0 spiro atoms. The minimum Gasteiger partial charge on any atom is -0.327 e. The van der Waals surface area contributed by atoms with Crippen molar-refractivity contribution in [2.45, 2.75) is 140 Å². The standard InChI is InChI=1S/C9H21N.C8H18N2.C7H15N.3C2H6/c1-4-7-8(5-2)9(10)6-3;1-8(2,9)7-4-5-10(3)6-7;1-7-4-3-5-8(2)6-7;3*1-2/h8-9H,4-7,10H2,1-3H3;7H,4-6,9H2,1-3H3;7H,3-6H2,1-2H3;3*1-2H3/t8-,9?;;;;;/m1...../s1. The van der Waals surface area contributed by atoms with Crippen LogP contribution >= 0.6 is 0 Å². The van der Waals surface area contributed by atoms with Gasteiger partial charge in [0.25, 0.3) is 0 Å². The molecule has 212 valence electrons. The van der Waals surface area contributed by atoms with Crippen LogP contribution in [0.5, 0.6) is 0 Å². The van der Waals surface area contributed by atoms with E-state index in [2.05, 4.69) is 65.4 Å². The molecule has 2 rings (SSSR count). The molecule has 0 aromatic heterocycles. The van der Waals surface area contributed by atoms with Crippen LogP contribution in [-0.2, 0) is 0 Å². The maximum Gasteiger partial charge on any atom is 0.0138 e. The van der Waals surface area contributed by atoms with E-state index in [4.69, 9.17) is 11.5 Å². The average molecular weight is 489 g/mol. The molecule has 34 heavy (non-hydrogen) atoms. The van der Waals surface area contributed by atoms with E-state index < -0.39 is 0 Å². The fourth-order valence-electron chi connectivity index (χ4n) is 4.39. The highest BCUT2D eigenvalue weighted by atomic mass is 15.1. The zero-order valence-corrected chi connectivity index (χ0v) is 26.6. The number of rotatable bonds is 6. The molecule has 0 aliphatic carbocycles. The molecule has 0 radical (unpaired) electrons. The third-order valence-corrected chi connectivity index (χ3v) is 6.56. The van der Waals surface area contributed by atoms with E-state index in [0.717, 1.165) is 18.3 Å². The lowest BCUT2D eigenvalue weighted by atomic mass is 9.88. The number of hydrogen-bond acceptors (Lipinski definition) is 4. The van der Waals surface area contributed by atoms with E-state index in [1.807, 2.05) is 41.5 Å². The molecule has 0 aromatic carbocycles. The Kier molecular flexibility index (Phi) is 33.1. The van der Waals surface area contributed by atoms with Crippen LogP contribution in [0.1, 0.15) is 128 Å². The molecule has 0 saturated carbocycles. The molecule has 4 heteroatoms. The van der Waals surface area contributed by atoms with Crippen molar-refractivity contribution < 1.29 is 0 Å². The van der Waals surface area contributed by atoms with Crippen LogP contribution in [-0.4, -0.2) is 61.7 Å². The highest BCUT2D eigenvalue weighted by Gasteiger charge is 2.30. The Morgan fingerprint density at radius 3 is 1.56 bits per heavy atom. The SMILES string of the molecule is CC.CC.CC.CC1CCCN(C)C1.CCC[C@@H](CC)C(N)CC.CN1CCC(C(C)(C)N)C1. The molecule has 4 N–H and O–H groups in total. The quantitative estimate of drug-likeness (QED) is 0.403. The normalized spacial score (nSPS) is 21.9. The Hall–Kier alpha value is -0.160. The van der Waals surface area contributed by atoms with E-state index in [-0.39, 0.29) is 5.54 Å². The van der Waals surface area contributed by atoms with Gasteiger partial charge in [-0.25, -0.2) is 0 Å². The van der Waals surface area contributed by atoms with Crippen LogP contribution in [0.3, 0.4) is 0 Å². The smallest absolute Gasteiger partial charge is 0.0138 e. The third-order valence-electron chi connectivity index (χ3n) is 6.56. The Morgan fingerprint density at radius 2 is 1.32 bits per heavy atom. The zero-order valence-electron chi connectivity index (χ0n) is 26.6. The van der Waals surface area contributed by atoms with Gasteiger partial charge in [-0.2, -0.15) is 0 Å². The first-order valence-corrected chi connectivity index (χ1v) is 15.0.